The molecule has 1 fully saturated rings. The van der Waals surface area contributed by atoms with Gasteiger partial charge in [-0.1, -0.05) is 20.8 Å². The van der Waals surface area contributed by atoms with E-state index in [1.807, 2.05) is 0 Å². The van der Waals surface area contributed by atoms with E-state index in [2.05, 4.69) is 26.1 Å². The lowest BCUT2D eigenvalue weighted by atomic mass is 9.86. The number of halogens is 1. The minimum atomic E-state index is 0. The smallest absolute Gasteiger partial charge is 0.110 e. The number of aliphatic hydroxyl groups is 1. The van der Waals surface area contributed by atoms with E-state index in [0.717, 1.165) is 0 Å². The number of rotatable bonds is 1. The third-order valence-electron chi connectivity index (χ3n) is 2.70. The molecule has 1 saturated heterocycles. The van der Waals surface area contributed by atoms with Crippen LogP contribution in [0.3, 0.4) is 0 Å². The Morgan fingerprint density at radius 3 is 2.17 bits per heavy atom. The van der Waals surface area contributed by atoms with E-state index in [1.165, 1.54) is 12.8 Å². The molecule has 0 unspecified atom stereocenters. The summed E-state index contributed by atoms with van der Waals surface area (Å²) in [7, 11) is 0. The number of nitrogens with two attached hydrogens (primary N) is 1. The van der Waals surface area contributed by atoms with Crippen LogP contribution in [0, 0.1) is 5.41 Å². The van der Waals surface area contributed by atoms with Crippen LogP contribution >= 0.6 is 0 Å². The van der Waals surface area contributed by atoms with Crippen LogP contribution < -0.4 is 17.7 Å². The van der Waals surface area contributed by atoms with Crippen LogP contribution in [0.5, 0.6) is 0 Å². The minimum Gasteiger partial charge on any atom is -1.00 e. The van der Waals surface area contributed by atoms with Gasteiger partial charge in [0, 0.05) is 18.3 Å². The van der Waals surface area contributed by atoms with E-state index in [-0.39, 0.29) is 12.4 Å². The Morgan fingerprint density at radius 1 is 1.33 bits per heavy atom. The molecule has 0 aromatic carbocycles. The highest BCUT2D eigenvalue weighted by Crippen LogP contribution is 2.23. The van der Waals surface area contributed by atoms with Crippen LogP contribution in [0.25, 0.3) is 0 Å². The van der Waals surface area contributed by atoms with Crippen molar-refractivity contribution in [2.24, 2.45) is 5.41 Å². The molecule has 3 heteroatoms. The van der Waals surface area contributed by atoms with Gasteiger partial charge in [0.05, 0.1) is 12.6 Å². The Kier molecular flexibility index (Phi) is 4.53. The van der Waals surface area contributed by atoms with Crippen LogP contribution in [0.1, 0.15) is 33.6 Å². The Balaban J connectivity index is 0.00000121. The second-order valence-electron chi connectivity index (χ2n) is 4.68. The molecule has 74 valence electrons. The average molecular weight is 194 g/mol. The molecule has 0 bridgehead atoms. The first-order valence-corrected chi connectivity index (χ1v) is 4.50. The summed E-state index contributed by atoms with van der Waals surface area (Å²) in [6, 6.07) is 1.18. The van der Waals surface area contributed by atoms with E-state index < -0.39 is 0 Å². The second kappa shape index (κ2) is 4.45. The van der Waals surface area contributed by atoms with Crippen molar-refractivity contribution in [2.75, 3.05) is 6.61 Å². The summed E-state index contributed by atoms with van der Waals surface area (Å²) >= 11 is 0. The molecule has 0 radical (unpaired) electrons. The molecule has 1 rings (SSSR count). The van der Waals surface area contributed by atoms with Gasteiger partial charge in [-0.15, -0.1) is 0 Å². The fourth-order valence-corrected chi connectivity index (χ4v) is 1.79. The molecule has 0 aromatic heterocycles. The molecule has 0 aliphatic carbocycles. The Hall–Kier alpha value is 0.210. The van der Waals surface area contributed by atoms with Crippen LogP contribution in [0.4, 0.5) is 0 Å². The van der Waals surface area contributed by atoms with Crippen molar-refractivity contribution in [3.05, 3.63) is 0 Å². The van der Waals surface area contributed by atoms with Gasteiger partial charge in [-0.05, 0) is 0 Å². The number of hydrogen-bond acceptors (Lipinski definition) is 1. The highest BCUT2D eigenvalue weighted by Gasteiger charge is 2.35. The van der Waals surface area contributed by atoms with Gasteiger partial charge in [-0.2, -0.15) is 0 Å². The average Bonchev–Trinajstić information content (AvgIpc) is 2.32. The first-order chi connectivity index (χ1) is 5.04. The van der Waals surface area contributed by atoms with Crippen molar-refractivity contribution >= 4 is 0 Å². The molecule has 1 aliphatic heterocycles. The molecule has 0 aromatic rings. The molecule has 1 aliphatic rings. The maximum absolute atomic E-state index is 8.92. The van der Waals surface area contributed by atoms with E-state index in [0.29, 0.717) is 24.1 Å². The lowest BCUT2D eigenvalue weighted by Crippen LogP contribution is -3.00. The van der Waals surface area contributed by atoms with Gasteiger partial charge >= 0.3 is 0 Å². The lowest BCUT2D eigenvalue weighted by Gasteiger charge is -2.24. The van der Waals surface area contributed by atoms with Crippen LogP contribution in [0.15, 0.2) is 0 Å². The Bertz CT molecular complexity index is 133. The van der Waals surface area contributed by atoms with Gasteiger partial charge in [0.2, 0.25) is 0 Å². The van der Waals surface area contributed by atoms with Gasteiger partial charge in [0.25, 0.3) is 0 Å². The summed E-state index contributed by atoms with van der Waals surface area (Å²) in [5, 5.41) is 11.3. The minimum absolute atomic E-state index is 0. The second-order valence-corrected chi connectivity index (χ2v) is 4.68. The summed E-state index contributed by atoms with van der Waals surface area (Å²) in [6.45, 7) is 7.16. The highest BCUT2D eigenvalue weighted by atomic mass is 35.5. The van der Waals surface area contributed by atoms with Crippen LogP contribution in [0.2, 0.25) is 0 Å². The number of hydrogen-bond donors (Lipinski definition) is 2. The molecular weight excluding hydrogens is 174 g/mol. The van der Waals surface area contributed by atoms with Crippen molar-refractivity contribution < 1.29 is 22.8 Å². The predicted octanol–water partition coefficient (Wildman–Crippen LogP) is -2.88. The molecule has 2 nitrogen and oxygen atoms in total. The standard InChI is InChI=1S/C9H19NO.ClH/c1-9(2,3)8-5-4-7(6-11)10-8;/h7-8,10-11H,4-6H2,1-3H3;1H/t7-,8-;/m0./s1. The summed E-state index contributed by atoms with van der Waals surface area (Å²) in [6.07, 6.45) is 2.44. The lowest BCUT2D eigenvalue weighted by molar-refractivity contribution is -0.713. The van der Waals surface area contributed by atoms with E-state index >= 15 is 0 Å². The zero-order valence-electron chi connectivity index (χ0n) is 8.18. The van der Waals surface area contributed by atoms with Gasteiger partial charge in [-0.3, -0.25) is 0 Å². The van der Waals surface area contributed by atoms with E-state index in [4.69, 9.17) is 5.11 Å². The summed E-state index contributed by atoms with van der Waals surface area (Å²) in [4.78, 5) is 0. The summed E-state index contributed by atoms with van der Waals surface area (Å²) < 4.78 is 0. The zero-order valence-corrected chi connectivity index (χ0v) is 8.93. The fourth-order valence-electron chi connectivity index (χ4n) is 1.79. The summed E-state index contributed by atoms with van der Waals surface area (Å²) in [5.74, 6) is 0. The third kappa shape index (κ3) is 2.92. The monoisotopic (exact) mass is 193 g/mol. The van der Waals surface area contributed by atoms with Crippen molar-refractivity contribution in [1.82, 2.24) is 0 Å². The molecule has 0 saturated carbocycles. The van der Waals surface area contributed by atoms with Crippen molar-refractivity contribution in [3.8, 4) is 0 Å². The van der Waals surface area contributed by atoms with Crippen molar-refractivity contribution in [2.45, 2.75) is 45.7 Å². The molecule has 0 spiro atoms. The maximum atomic E-state index is 8.92. The molecule has 2 atom stereocenters. The normalized spacial score (nSPS) is 30.0. The van der Waals surface area contributed by atoms with Crippen LogP contribution in [-0.4, -0.2) is 23.8 Å². The molecular formula is C9H20ClNO. The fraction of sp³-hybridized carbons (Fsp3) is 1.00. The zero-order chi connectivity index (χ0) is 8.48. The maximum Gasteiger partial charge on any atom is 0.110 e. The van der Waals surface area contributed by atoms with Gasteiger partial charge in [-0.25, -0.2) is 0 Å². The topological polar surface area (TPSA) is 36.8 Å². The molecule has 0 amide bonds. The van der Waals surface area contributed by atoms with Gasteiger partial charge in [0.15, 0.2) is 0 Å². The van der Waals surface area contributed by atoms with Gasteiger partial charge in [0.1, 0.15) is 6.04 Å². The van der Waals surface area contributed by atoms with E-state index in [1.54, 1.807) is 0 Å². The quantitative estimate of drug-likeness (QED) is 0.462. The third-order valence-corrected chi connectivity index (χ3v) is 2.70. The predicted molar refractivity (Wildman–Crippen MR) is 45.3 cm³/mol. The van der Waals surface area contributed by atoms with Crippen molar-refractivity contribution in [1.29, 1.82) is 0 Å². The van der Waals surface area contributed by atoms with Gasteiger partial charge < -0.3 is 22.8 Å². The summed E-state index contributed by atoms with van der Waals surface area (Å²) in [5.41, 5.74) is 0.393. The number of aliphatic hydroxyl groups excluding tert-OH is 1. The first-order valence-electron chi connectivity index (χ1n) is 4.50. The largest absolute Gasteiger partial charge is 1.00 e. The molecule has 1 heterocycles. The molecule has 3 N–H and O–H groups in total. The van der Waals surface area contributed by atoms with Crippen molar-refractivity contribution in [3.63, 3.8) is 0 Å². The first kappa shape index (κ1) is 12.2. The Morgan fingerprint density at radius 2 is 1.92 bits per heavy atom. The number of quaternary nitrogens is 1. The van der Waals surface area contributed by atoms with Crippen LogP contribution in [-0.2, 0) is 0 Å². The molecule has 12 heavy (non-hydrogen) atoms. The Labute approximate surface area is 81.2 Å². The highest BCUT2D eigenvalue weighted by molar-refractivity contribution is 4.77. The van der Waals surface area contributed by atoms with E-state index in [9.17, 15) is 0 Å². The SMILES string of the molecule is CC(C)(C)[C@@H]1CC[C@@H](CO)[NH2+]1.[Cl-].